The molecule has 1 saturated heterocycles. The second-order valence-electron chi connectivity index (χ2n) is 6.97. The number of rotatable bonds is 6. The number of benzene rings is 2. The molecular formula is C23H26N2O5. The first-order chi connectivity index (χ1) is 14.6. The third-order valence-corrected chi connectivity index (χ3v) is 4.92. The second kappa shape index (κ2) is 10.4. The van der Waals surface area contributed by atoms with Gasteiger partial charge in [-0.05, 0) is 23.6 Å². The highest BCUT2D eigenvalue weighted by Crippen LogP contribution is 2.19. The van der Waals surface area contributed by atoms with Crippen molar-refractivity contribution < 1.29 is 23.9 Å². The van der Waals surface area contributed by atoms with Gasteiger partial charge in [-0.3, -0.25) is 9.59 Å². The standard InChI is InChI=1S/C23H26N2O5/c1-2-29-23(28)25-14-12-24(13-15-25)21(26)17-30-22(27)16-18-8-10-20(11-9-18)19-6-4-3-5-7-19/h3-11H,2,12-17H2,1H3. The Kier molecular flexibility index (Phi) is 7.43. The van der Waals surface area contributed by atoms with Crippen molar-refractivity contribution in [2.24, 2.45) is 0 Å². The SMILES string of the molecule is CCOC(=O)N1CCN(C(=O)COC(=O)Cc2ccc(-c3ccccc3)cc2)CC1. The zero-order valence-electron chi connectivity index (χ0n) is 17.1. The Morgan fingerprint density at radius 3 is 2.03 bits per heavy atom. The maximum Gasteiger partial charge on any atom is 0.409 e. The molecule has 1 heterocycles. The fraction of sp³-hybridized carbons (Fsp3) is 0.348. The largest absolute Gasteiger partial charge is 0.455 e. The van der Waals surface area contributed by atoms with E-state index in [1.165, 1.54) is 0 Å². The maximum absolute atomic E-state index is 12.3. The summed E-state index contributed by atoms with van der Waals surface area (Å²) in [5, 5.41) is 0. The number of hydrogen-bond acceptors (Lipinski definition) is 5. The monoisotopic (exact) mass is 410 g/mol. The van der Waals surface area contributed by atoms with Crippen molar-refractivity contribution >= 4 is 18.0 Å². The minimum Gasteiger partial charge on any atom is -0.455 e. The van der Waals surface area contributed by atoms with Gasteiger partial charge in [0.05, 0.1) is 13.0 Å². The van der Waals surface area contributed by atoms with E-state index >= 15 is 0 Å². The minimum atomic E-state index is -0.444. The third kappa shape index (κ3) is 5.83. The minimum absolute atomic E-state index is 0.110. The molecule has 0 unspecified atom stereocenters. The van der Waals surface area contributed by atoms with Crippen molar-refractivity contribution in [2.75, 3.05) is 39.4 Å². The molecule has 2 amide bonds. The van der Waals surface area contributed by atoms with Crippen LogP contribution in [0, 0.1) is 0 Å². The van der Waals surface area contributed by atoms with Gasteiger partial charge in [-0.2, -0.15) is 0 Å². The van der Waals surface area contributed by atoms with Crippen LogP contribution in [0.1, 0.15) is 12.5 Å². The first-order valence-electron chi connectivity index (χ1n) is 10.1. The molecule has 0 saturated carbocycles. The maximum atomic E-state index is 12.3. The first-order valence-corrected chi connectivity index (χ1v) is 10.1. The van der Waals surface area contributed by atoms with E-state index in [9.17, 15) is 14.4 Å². The van der Waals surface area contributed by atoms with E-state index in [0.717, 1.165) is 16.7 Å². The van der Waals surface area contributed by atoms with Gasteiger partial charge in [-0.15, -0.1) is 0 Å². The summed E-state index contributed by atoms with van der Waals surface area (Å²) in [5.41, 5.74) is 3.01. The molecule has 0 spiro atoms. The molecule has 0 aliphatic carbocycles. The Balaban J connectivity index is 1.41. The molecule has 158 valence electrons. The molecule has 0 N–H and O–H groups in total. The predicted octanol–water partition coefficient (Wildman–Crippen LogP) is 2.74. The van der Waals surface area contributed by atoms with Gasteiger partial charge in [0.25, 0.3) is 5.91 Å². The normalized spacial score (nSPS) is 13.6. The fourth-order valence-electron chi connectivity index (χ4n) is 3.25. The number of carbonyl (C=O) groups is 3. The number of ether oxygens (including phenoxy) is 2. The zero-order chi connectivity index (χ0) is 21.3. The van der Waals surface area contributed by atoms with E-state index in [-0.39, 0.29) is 25.0 Å². The number of hydrogen-bond donors (Lipinski definition) is 0. The van der Waals surface area contributed by atoms with Crippen LogP contribution >= 0.6 is 0 Å². The number of esters is 1. The topological polar surface area (TPSA) is 76.2 Å². The molecule has 0 radical (unpaired) electrons. The van der Waals surface area contributed by atoms with Crippen molar-refractivity contribution in [2.45, 2.75) is 13.3 Å². The average molecular weight is 410 g/mol. The lowest BCUT2D eigenvalue weighted by atomic mass is 10.0. The zero-order valence-corrected chi connectivity index (χ0v) is 17.1. The summed E-state index contributed by atoms with van der Waals surface area (Å²) in [4.78, 5) is 39.2. The molecule has 1 aliphatic rings. The van der Waals surface area contributed by atoms with Crippen LogP contribution < -0.4 is 0 Å². The molecule has 3 rings (SSSR count). The van der Waals surface area contributed by atoms with Crippen LogP contribution in [0.25, 0.3) is 11.1 Å². The number of nitrogens with zero attached hydrogens (tertiary/aromatic N) is 2. The Morgan fingerprint density at radius 1 is 0.800 bits per heavy atom. The van der Waals surface area contributed by atoms with Crippen molar-refractivity contribution in [3.8, 4) is 11.1 Å². The van der Waals surface area contributed by atoms with Crippen LogP contribution in [0.5, 0.6) is 0 Å². The highest BCUT2D eigenvalue weighted by atomic mass is 16.6. The van der Waals surface area contributed by atoms with Crippen LogP contribution in [0.15, 0.2) is 54.6 Å². The molecule has 1 fully saturated rings. The predicted molar refractivity (Wildman–Crippen MR) is 112 cm³/mol. The van der Waals surface area contributed by atoms with Crippen molar-refractivity contribution in [1.82, 2.24) is 9.80 Å². The molecule has 2 aromatic carbocycles. The van der Waals surface area contributed by atoms with Crippen LogP contribution in [-0.2, 0) is 25.5 Å². The number of amides is 2. The molecule has 7 heteroatoms. The van der Waals surface area contributed by atoms with E-state index < -0.39 is 5.97 Å². The summed E-state index contributed by atoms with van der Waals surface area (Å²) < 4.78 is 10.1. The van der Waals surface area contributed by atoms with Gasteiger partial charge in [0.1, 0.15) is 0 Å². The second-order valence-corrected chi connectivity index (χ2v) is 6.97. The Labute approximate surface area is 176 Å². The number of carbonyl (C=O) groups excluding carboxylic acids is 3. The van der Waals surface area contributed by atoms with Gasteiger partial charge in [0.2, 0.25) is 0 Å². The van der Waals surface area contributed by atoms with E-state index in [0.29, 0.717) is 32.8 Å². The van der Waals surface area contributed by atoms with Gasteiger partial charge in [0.15, 0.2) is 6.61 Å². The Bertz CT molecular complexity index is 859. The van der Waals surface area contributed by atoms with Crippen LogP contribution in [0.2, 0.25) is 0 Å². The Hall–Kier alpha value is -3.35. The van der Waals surface area contributed by atoms with Crippen molar-refractivity contribution in [3.63, 3.8) is 0 Å². The van der Waals surface area contributed by atoms with Crippen molar-refractivity contribution in [1.29, 1.82) is 0 Å². The van der Waals surface area contributed by atoms with Gasteiger partial charge in [-0.1, -0.05) is 54.6 Å². The molecule has 30 heavy (non-hydrogen) atoms. The lowest BCUT2D eigenvalue weighted by molar-refractivity contribution is -0.152. The fourth-order valence-corrected chi connectivity index (χ4v) is 3.25. The molecule has 0 atom stereocenters. The first kappa shape index (κ1) is 21.4. The van der Waals surface area contributed by atoms with Crippen LogP contribution in [0.3, 0.4) is 0 Å². The number of piperazine rings is 1. The summed E-state index contributed by atoms with van der Waals surface area (Å²) in [6.45, 7) is 3.40. The summed E-state index contributed by atoms with van der Waals surface area (Å²) in [6.07, 6.45) is -0.256. The average Bonchev–Trinajstić information content (AvgIpc) is 2.79. The summed E-state index contributed by atoms with van der Waals surface area (Å²) in [5.74, 6) is -0.702. The molecule has 2 aromatic rings. The molecule has 0 aromatic heterocycles. The smallest absolute Gasteiger partial charge is 0.409 e. The summed E-state index contributed by atoms with van der Waals surface area (Å²) in [7, 11) is 0. The van der Waals surface area contributed by atoms with Gasteiger partial charge in [-0.25, -0.2) is 4.79 Å². The van der Waals surface area contributed by atoms with Gasteiger partial charge >= 0.3 is 12.1 Å². The lowest BCUT2D eigenvalue weighted by Gasteiger charge is -2.33. The van der Waals surface area contributed by atoms with Gasteiger partial charge < -0.3 is 19.3 Å². The highest BCUT2D eigenvalue weighted by molar-refractivity contribution is 5.81. The highest BCUT2D eigenvalue weighted by Gasteiger charge is 2.25. The lowest BCUT2D eigenvalue weighted by Crippen LogP contribution is -2.51. The van der Waals surface area contributed by atoms with Crippen molar-refractivity contribution in [3.05, 3.63) is 60.2 Å². The summed E-state index contributed by atoms with van der Waals surface area (Å²) in [6, 6.07) is 17.7. The molecule has 1 aliphatic heterocycles. The Morgan fingerprint density at radius 2 is 1.40 bits per heavy atom. The molecular weight excluding hydrogens is 384 g/mol. The van der Waals surface area contributed by atoms with Gasteiger partial charge in [0, 0.05) is 26.2 Å². The quantitative estimate of drug-likeness (QED) is 0.685. The van der Waals surface area contributed by atoms with Crippen LogP contribution in [0.4, 0.5) is 4.79 Å². The van der Waals surface area contributed by atoms with E-state index in [2.05, 4.69) is 0 Å². The van der Waals surface area contributed by atoms with Crippen LogP contribution in [-0.4, -0.2) is 67.2 Å². The third-order valence-electron chi connectivity index (χ3n) is 4.92. The summed E-state index contributed by atoms with van der Waals surface area (Å²) >= 11 is 0. The van der Waals surface area contributed by atoms with E-state index in [1.54, 1.807) is 16.7 Å². The molecule has 0 bridgehead atoms. The van der Waals surface area contributed by atoms with E-state index in [1.807, 2.05) is 54.6 Å². The van der Waals surface area contributed by atoms with E-state index in [4.69, 9.17) is 9.47 Å². The molecule has 7 nitrogen and oxygen atoms in total.